The Hall–Kier alpha value is -1.81. The molecule has 0 aliphatic carbocycles. The summed E-state index contributed by atoms with van der Waals surface area (Å²) in [5.74, 6) is 1.54. The van der Waals surface area contributed by atoms with Crippen LogP contribution in [0.4, 0.5) is 0 Å². The molecular weight excluding hydrogens is 262 g/mol. The third-order valence-electron chi connectivity index (χ3n) is 3.78. The van der Waals surface area contributed by atoms with E-state index in [1.165, 1.54) is 17.5 Å². The highest BCUT2D eigenvalue weighted by Gasteiger charge is 2.10. The van der Waals surface area contributed by atoms with E-state index < -0.39 is 0 Å². The van der Waals surface area contributed by atoms with Crippen LogP contribution in [-0.2, 0) is 19.9 Å². The van der Waals surface area contributed by atoms with Crippen molar-refractivity contribution in [2.45, 2.75) is 19.3 Å². The number of nitrogens with one attached hydrogen (secondary N) is 1. The second kappa shape index (κ2) is 7.84. The average molecular weight is 287 g/mol. The second-order valence-corrected chi connectivity index (χ2v) is 5.54. The van der Waals surface area contributed by atoms with Crippen molar-refractivity contribution in [3.05, 3.63) is 47.8 Å². The minimum Gasteiger partial charge on any atom is -0.497 e. The van der Waals surface area contributed by atoms with Gasteiger partial charge in [0.05, 0.1) is 13.3 Å². The lowest BCUT2D eigenvalue weighted by Crippen LogP contribution is -2.21. The molecule has 21 heavy (non-hydrogen) atoms. The van der Waals surface area contributed by atoms with Gasteiger partial charge in [-0.25, -0.2) is 0 Å². The molecule has 1 atom stereocenters. The zero-order valence-corrected chi connectivity index (χ0v) is 13.2. The predicted molar refractivity (Wildman–Crippen MR) is 85.6 cm³/mol. The normalized spacial score (nSPS) is 12.3. The molecule has 0 spiro atoms. The van der Waals surface area contributed by atoms with Crippen molar-refractivity contribution in [3.63, 3.8) is 0 Å². The Labute approximate surface area is 127 Å². The van der Waals surface area contributed by atoms with Crippen LogP contribution >= 0.6 is 0 Å². The fourth-order valence-electron chi connectivity index (χ4n) is 2.63. The quantitative estimate of drug-likeness (QED) is 0.810. The number of aryl methyl sites for hydroxylation is 2. The topological polar surface area (TPSA) is 39.1 Å². The van der Waals surface area contributed by atoms with Gasteiger partial charge in [-0.15, -0.1) is 0 Å². The lowest BCUT2D eigenvalue weighted by molar-refractivity contribution is 0.414. The van der Waals surface area contributed by atoms with Gasteiger partial charge in [0.1, 0.15) is 5.75 Å². The lowest BCUT2D eigenvalue weighted by Gasteiger charge is -2.16. The molecule has 4 nitrogen and oxygen atoms in total. The van der Waals surface area contributed by atoms with E-state index in [9.17, 15) is 0 Å². The van der Waals surface area contributed by atoms with Gasteiger partial charge in [-0.2, -0.15) is 5.10 Å². The van der Waals surface area contributed by atoms with Gasteiger partial charge >= 0.3 is 0 Å². The van der Waals surface area contributed by atoms with Crippen LogP contribution in [0.15, 0.2) is 36.7 Å². The van der Waals surface area contributed by atoms with Crippen LogP contribution in [0, 0.1) is 5.92 Å². The van der Waals surface area contributed by atoms with Gasteiger partial charge in [0, 0.05) is 13.2 Å². The van der Waals surface area contributed by atoms with Gasteiger partial charge < -0.3 is 10.1 Å². The number of hydrogen-bond donors (Lipinski definition) is 1. The van der Waals surface area contributed by atoms with Crippen molar-refractivity contribution >= 4 is 0 Å². The van der Waals surface area contributed by atoms with E-state index in [4.69, 9.17) is 4.74 Å². The molecule has 0 fully saturated rings. The van der Waals surface area contributed by atoms with Crippen molar-refractivity contribution in [2.75, 3.05) is 20.7 Å². The maximum absolute atomic E-state index is 5.21. The van der Waals surface area contributed by atoms with E-state index in [0.717, 1.165) is 25.1 Å². The third kappa shape index (κ3) is 4.90. The van der Waals surface area contributed by atoms with Crippen molar-refractivity contribution < 1.29 is 4.74 Å². The van der Waals surface area contributed by atoms with Crippen molar-refractivity contribution in [1.82, 2.24) is 15.1 Å². The molecule has 1 heterocycles. The maximum Gasteiger partial charge on any atom is 0.118 e. The van der Waals surface area contributed by atoms with Crippen LogP contribution in [0.1, 0.15) is 17.5 Å². The summed E-state index contributed by atoms with van der Waals surface area (Å²) in [6.07, 6.45) is 7.40. The van der Waals surface area contributed by atoms with Gasteiger partial charge in [-0.05, 0) is 62.0 Å². The highest BCUT2D eigenvalue weighted by Crippen LogP contribution is 2.18. The summed E-state index contributed by atoms with van der Waals surface area (Å²) in [6.45, 7) is 1.03. The first-order valence-electron chi connectivity index (χ1n) is 7.46. The fourth-order valence-corrected chi connectivity index (χ4v) is 2.63. The van der Waals surface area contributed by atoms with Crippen LogP contribution in [-0.4, -0.2) is 30.5 Å². The third-order valence-corrected chi connectivity index (χ3v) is 3.78. The Balaban J connectivity index is 1.91. The standard InChI is InChI=1S/C17H25N3O/c1-18-11-15(4-5-16-12-19-20(2)13-16)10-14-6-8-17(21-3)9-7-14/h6-9,12-13,15,18H,4-5,10-11H2,1-3H3. The molecule has 1 aromatic heterocycles. The molecule has 4 heteroatoms. The SMILES string of the molecule is CNCC(CCc1cnn(C)c1)Cc1ccc(OC)cc1. The number of rotatable bonds is 8. The second-order valence-electron chi connectivity index (χ2n) is 5.54. The molecule has 0 amide bonds. The van der Waals surface area contributed by atoms with Crippen LogP contribution in [0.25, 0.3) is 0 Å². The molecule has 0 aliphatic heterocycles. The molecule has 114 valence electrons. The molecule has 1 aromatic carbocycles. The Kier molecular flexibility index (Phi) is 5.81. The molecule has 2 rings (SSSR count). The van der Waals surface area contributed by atoms with Crippen LogP contribution in [0.2, 0.25) is 0 Å². The van der Waals surface area contributed by atoms with E-state index in [0.29, 0.717) is 5.92 Å². The van der Waals surface area contributed by atoms with Crippen LogP contribution < -0.4 is 10.1 Å². The molecular formula is C17H25N3O. The molecule has 2 aromatic rings. The summed E-state index contributed by atoms with van der Waals surface area (Å²) >= 11 is 0. The number of benzene rings is 1. The maximum atomic E-state index is 5.21. The van der Waals surface area contributed by atoms with Gasteiger partial charge in [0.15, 0.2) is 0 Å². The Morgan fingerprint density at radius 2 is 2.00 bits per heavy atom. The van der Waals surface area contributed by atoms with E-state index in [2.05, 4.69) is 28.7 Å². The number of ether oxygens (including phenoxy) is 1. The van der Waals surface area contributed by atoms with E-state index >= 15 is 0 Å². The number of hydrogen-bond acceptors (Lipinski definition) is 3. The van der Waals surface area contributed by atoms with Crippen molar-refractivity contribution in [1.29, 1.82) is 0 Å². The van der Waals surface area contributed by atoms with E-state index in [1.807, 2.05) is 37.1 Å². The lowest BCUT2D eigenvalue weighted by atomic mass is 9.93. The first-order chi connectivity index (χ1) is 10.2. The highest BCUT2D eigenvalue weighted by atomic mass is 16.5. The minimum atomic E-state index is 0.628. The smallest absolute Gasteiger partial charge is 0.118 e. The fraction of sp³-hybridized carbons (Fsp3) is 0.471. The van der Waals surface area contributed by atoms with Crippen molar-refractivity contribution in [2.24, 2.45) is 13.0 Å². The van der Waals surface area contributed by atoms with Crippen molar-refractivity contribution in [3.8, 4) is 5.75 Å². The first-order valence-corrected chi connectivity index (χ1v) is 7.46. The predicted octanol–water partition coefficient (Wildman–Crippen LogP) is 2.44. The summed E-state index contributed by atoms with van der Waals surface area (Å²) in [5, 5.41) is 7.54. The molecule has 0 bridgehead atoms. The monoisotopic (exact) mass is 287 g/mol. The molecule has 1 N–H and O–H groups in total. The van der Waals surface area contributed by atoms with Crippen LogP contribution in [0.3, 0.4) is 0 Å². The summed E-state index contributed by atoms with van der Waals surface area (Å²) in [4.78, 5) is 0. The first kappa shape index (κ1) is 15.6. The zero-order chi connectivity index (χ0) is 15.1. The summed E-state index contributed by atoms with van der Waals surface area (Å²) in [5.41, 5.74) is 2.68. The van der Waals surface area contributed by atoms with E-state index in [1.54, 1.807) is 7.11 Å². The average Bonchev–Trinajstić information content (AvgIpc) is 2.91. The van der Waals surface area contributed by atoms with Gasteiger partial charge in [0.2, 0.25) is 0 Å². The van der Waals surface area contributed by atoms with Crippen LogP contribution in [0.5, 0.6) is 5.75 Å². The Morgan fingerprint density at radius 3 is 2.57 bits per heavy atom. The van der Waals surface area contributed by atoms with Gasteiger partial charge in [-0.1, -0.05) is 12.1 Å². The number of aromatic nitrogens is 2. The Morgan fingerprint density at radius 1 is 1.24 bits per heavy atom. The molecule has 0 aliphatic rings. The Bertz CT molecular complexity index is 533. The van der Waals surface area contributed by atoms with Gasteiger partial charge in [0.25, 0.3) is 0 Å². The zero-order valence-electron chi connectivity index (χ0n) is 13.2. The molecule has 0 saturated heterocycles. The number of methoxy groups -OCH3 is 1. The molecule has 1 unspecified atom stereocenters. The largest absolute Gasteiger partial charge is 0.497 e. The summed E-state index contributed by atoms with van der Waals surface area (Å²) in [7, 11) is 5.68. The number of nitrogens with zero attached hydrogens (tertiary/aromatic N) is 2. The summed E-state index contributed by atoms with van der Waals surface area (Å²) < 4.78 is 7.07. The highest BCUT2D eigenvalue weighted by molar-refractivity contribution is 5.27. The minimum absolute atomic E-state index is 0.628. The molecule has 0 radical (unpaired) electrons. The van der Waals surface area contributed by atoms with Gasteiger partial charge in [-0.3, -0.25) is 4.68 Å². The van der Waals surface area contributed by atoms with E-state index in [-0.39, 0.29) is 0 Å². The molecule has 0 saturated carbocycles. The summed E-state index contributed by atoms with van der Waals surface area (Å²) in [6, 6.07) is 8.39.